The summed E-state index contributed by atoms with van der Waals surface area (Å²) < 4.78 is 13.4. The Labute approximate surface area is 147 Å². The van der Waals surface area contributed by atoms with E-state index in [1.54, 1.807) is 7.11 Å². The van der Waals surface area contributed by atoms with E-state index >= 15 is 0 Å². The summed E-state index contributed by atoms with van der Waals surface area (Å²) in [7, 11) is 1.63. The second-order valence-electron chi connectivity index (χ2n) is 5.57. The van der Waals surface area contributed by atoms with Crippen molar-refractivity contribution in [2.75, 3.05) is 7.11 Å². The molecule has 0 atom stereocenters. The predicted octanol–water partition coefficient (Wildman–Crippen LogP) is 3.99. The minimum absolute atomic E-state index is 0.313. The average Bonchev–Trinajstić information content (AvgIpc) is 2.99. The smallest absolute Gasteiger partial charge is 0.161 e. The number of para-hydroxylation sites is 2. The summed E-state index contributed by atoms with van der Waals surface area (Å²) in [5, 5.41) is 0. The Morgan fingerprint density at radius 1 is 1.24 bits per heavy atom. The highest BCUT2D eigenvalue weighted by atomic mass is 16.5. The summed E-state index contributed by atoms with van der Waals surface area (Å²) in [6, 6.07) is 13.8. The van der Waals surface area contributed by atoms with Gasteiger partial charge in [-0.2, -0.15) is 0 Å². The Balaban J connectivity index is 1.86. The van der Waals surface area contributed by atoms with Gasteiger partial charge in [-0.05, 0) is 36.2 Å². The molecule has 0 saturated heterocycles. The van der Waals surface area contributed by atoms with Gasteiger partial charge in [0.05, 0.1) is 24.7 Å². The Hall–Kier alpha value is -3.19. The fourth-order valence-electron chi connectivity index (χ4n) is 2.77. The van der Waals surface area contributed by atoms with Crippen molar-refractivity contribution in [1.82, 2.24) is 9.55 Å². The molecule has 0 aliphatic rings. The second-order valence-corrected chi connectivity index (χ2v) is 5.57. The van der Waals surface area contributed by atoms with Crippen LogP contribution in [0.4, 0.5) is 0 Å². The Morgan fingerprint density at radius 3 is 2.84 bits per heavy atom. The zero-order chi connectivity index (χ0) is 17.6. The Kier molecular flexibility index (Phi) is 5.06. The van der Waals surface area contributed by atoms with Crippen molar-refractivity contribution < 1.29 is 9.47 Å². The quantitative estimate of drug-likeness (QED) is 0.485. The highest BCUT2D eigenvalue weighted by molar-refractivity contribution is 5.76. The molecular formula is C21H20N2O2. The van der Waals surface area contributed by atoms with E-state index in [1.165, 1.54) is 0 Å². The maximum absolute atomic E-state index is 5.96. The normalized spacial score (nSPS) is 10.4. The fraction of sp³-hybridized carbons (Fsp3) is 0.190. The minimum Gasteiger partial charge on any atom is -0.493 e. The van der Waals surface area contributed by atoms with Crippen molar-refractivity contribution in [1.29, 1.82) is 0 Å². The lowest BCUT2D eigenvalue weighted by atomic mass is 10.1. The lowest BCUT2D eigenvalue weighted by molar-refractivity contribution is 0.273. The van der Waals surface area contributed by atoms with E-state index < -0.39 is 0 Å². The van der Waals surface area contributed by atoms with Crippen LogP contribution in [-0.2, 0) is 19.6 Å². The number of ether oxygens (including phenoxy) is 2. The van der Waals surface area contributed by atoms with Gasteiger partial charge in [0.1, 0.15) is 12.4 Å². The molecule has 0 N–H and O–H groups in total. The number of terminal acetylenes is 1. The molecule has 0 radical (unpaired) electrons. The molecule has 4 heteroatoms. The van der Waals surface area contributed by atoms with E-state index in [0.29, 0.717) is 24.7 Å². The van der Waals surface area contributed by atoms with Crippen LogP contribution in [0, 0.1) is 12.3 Å². The molecule has 0 saturated carbocycles. The zero-order valence-electron chi connectivity index (χ0n) is 14.2. The molecule has 0 fully saturated rings. The molecular weight excluding hydrogens is 312 g/mol. The molecule has 0 spiro atoms. The number of imidazole rings is 1. The van der Waals surface area contributed by atoms with Crippen molar-refractivity contribution in [2.45, 2.75) is 19.6 Å². The third kappa shape index (κ3) is 3.51. The molecule has 2 aromatic carbocycles. The lowest BCUT2D eigenvalue weighted by Gasteiger charge is -2.12. The van der Waals surface area contributed by atoms with E-state index in [4.69, 9.17) is 15.9 Å². The standard InChI is InChI=1S/C21H20N2O2/c1-4-8-16-11-12-19(20(14-16)24-3)25-15-21-22-17-9-6-7-10-18(17)23(21)13-5-2/h2,4,6-7,9-12,14H,1,8,13,15H2,3H3. The molecule has 0 bridgehead atoms. The first kappa shape index (κ1) is 16.7. The van der Waals surface area contributed by atoms with Crippen LogP contribution in [-0.4, -0.2) is 16.7 Å². The van der Waals surface area contributed by atoms with Crippen LogP contribution in [0.1, 0.15) is 11.4 Å². The topological polar surface area (TPSA) is 36.3 Å². The number of fused-ring (bicyclic) bond motifs is 1. The largest absolute Gasteiger partial charge is 0.493 e. The number of aromatic nitrogens is 2. The van der Waals surface area contributed by atoms with Gasteiger partial charge in [-0.1, -0.05) is 30.2 Å². The van der Waals surface area contributed by atoms with Crippen molar-refractivity contribution in [3.05, 3.63) is 66.5 Å². The second kappa shape index (κ2) is 7.59. The molecule has 126 valence electrons. The minimum atomic E-state index is 0.313. The zero-order valence-corrected chi connectivity index (χ0v) is 14.2. The van der Waals surface area contributed by atoms with Crippen LogP contribution in [0.25, 0.3) is 11.0 Å². The number of hydrogen-bond donors (Lipinski definition) is 0. The summed E-state index contributed by atoms with van der Waals surface area (Å²) in [6.45, 7) is 4.52. The molecule has 1 aromatic heterocycles. The van der Waals surface area contributed by atoms with E-state index in [-0.39, 0.29) is 0 Å². The third-order valence-corrected chi connectivity index (χ3v) is 3.95. The maximum Gasteiger partial charge on any atom is 0.161 e. The molecule has 0 unspecified atom stereocenters. The molecule has 0 aliphatic heterocycles. The van der Waals surface area contributed by atoms with E-state index in [2.05, 4.69) is 17.5 Å². The van der Waals surface area contributed by atoms with Gasteiger partial charge < -0.3 is 14.0 Å². The first-order chi connectivity index (χ1) is 12.3. The van der Waals surface area contributed by atoms with Crippen LogP contribution < -0.4 is 9.47 Å². The summed E-state index contributed by atoms with van der Waals surface area (Å²) in [4.78, 5) is 4.64. The molecule has 4 nitrogen and oxygen atoms in total. The number of allylic oxidation sites excluding steroid dienone is 1. The fourth-order valence-corrected chi connectivity index (χ4v) is 2.77. The molecule has 0 aliphatic carbocycles. The van der Waals surface area contributed by atoms with Gasteiger partial charge in [0.2, 0.25) is 0 Å². The summed E-state index contributed by atoms with van der Waals surface area (Å²) >= 11 is 0. The van der Waals surface area contributed by atoms with Gasteiger partial charge in [-0.25, -0.2) is 4.98 Å². The van der Waals surface area contributed by atoms with Crippen LogP contribution in [0.2, 0.25) is 0 Å². The van der Waals surface area contributed by atoms with Gasteiger partial charge in [-0.15, -0.1) is 13.0 Å². The first-order valence-corrected chi connectivity index (χ1v) is 8.05. The van der Waals surface area contributed by atoms with E-state index in [0.717, 1.165) is 28.8 Å². The van der Waals surface area contributed by atoms with Crippen molar-refractivity contribution in [2.24, 2.45) is 0 Å². The summed E-state index contributed by atoms with van der Waals surface area (Å²) in [6.07, 6.45) is 8.16. The van der Waals surface area contributed by atoms with Crippen LogP contribution in [0.3, 0.4) is 0 Å². The summed E-state index contributed by atoms with van der Waals surface area (Å²) in [5.41, 5.74) is 3.04. The van der Waals surface area contributed by atoms with E-state index in [9.17, 15) is 0 Å². The van der Waals surface area contributed by atoms with Gasteiger partial charge in [-0.3, -0.25) is 0 Å². The van der Waals surface area contributed by atoms with Gasteiger partial charge in [0.25, 0.3) is 0 Å². The highest BCUT2D eigenvalue weighted by Gasteiger charge is 2.12. The number of methoxy groups -OCH3 is 1. The van der Waals surface area contributed by atoms with Gasteiger partial charge in [0.15, 0.2) is 11.5 Å². The Morgan fingerprint density at radius 2 is 2.08 bits per heavy atom. The lowest BCUT2D eigenvalue weighted by Crippen LogP contribution is -2.07. The highest BCUT2D eigenvalue weighted by Crippen LogP contribution is 2.29. The number of rotatable bonds is 7. The number of nitrogens with zero attached hydrogens (tertiary/aromatic N) is 2. The third-order valence-electron chi connectivity index (χ3n) is 3.95. The van der Waals surface area contributed by atoms with Crippen molar-refractivity contribution >= 4 is 11.0 Å². The molecule has 0 amide bonds. The number of benzene rings is 2. The maximum atomic E-state index is 5.96. The Bertz CT molecular complexity index is 935. The van der Waals surface area contributed by atoms with Crippen molar-refractivity contribution in [3.8, 4) is 23.8 Å². The molecule has 3 rings (SSSR count). The molecule has 25 heavy (non-hydrogen) atoms. The van der Waals surface area contributed by atoms with Gasteiger partial charge in [0, 0.05) is 0 Å². The molecule has 1 heterocycles. The molecule has 3 aromatic rings. The first-order valence-electron chi connectivity index (χ1n) is 8.05. The summed E-state index contributed by atoms with van der Waals surface area (Å²) in [5.74, 6) is 4.84. The van der Waals surface area contributed by atoms with Crippen LogP contribution in [0.5, 0.6) is 11.5 Å². The SMILES string of the molecule is C#CCn1c(COc2ccc(CC=C)cc2OC)nc2ccccc21. The van der Waals surface area contributed by atoms with Gasteiger partial charge >= 0.3 is 0 Å². The average molecular weight is 332 g/mol. The van der Waals surface area contributed by atoms with Crippen molar-refractivity contribution in [3.63, 3.8) is 0 Å². The monoisotopic (exact) mass is 332 g/mol. The number of hydrogen-bond acceptors (Lipinski definition) is 3. The predicted molar refractivity (Wildman–Crippen MR) is 99.8 cm³/mol. The van der Waals surface area contributed by atoms with Crippen LogP contribution >= 0.6 is 0 Å². The van der Waals surface area contributed by atoms with Crippen LogP contribution in [0.15, 0.2) is 55.1 Å². The van der Waals surface area contributed by atoms with E-state index in [1.807, 2.05) is 53.1 Å².